The largest absolute Gasteiger partial charge is 0.508 e. The molecular formula is C14H18N2O3. The van der Waals surface area contributed by atoms with Crippen molar-refractivity contribution < 1.29 is 10.0 Å². The minimum absolute atomic E-state index is 0.00309. The van der Waals surface area contributed by atoms with Crippen LogP contribution < -0.4 is 0 Å². The Morgan fingerprint density at radius 3 is 2.63 bits per heavy atom. The zero-order chi connectivity index (χ0) is 13.8. The van der Waals surface area contributed by atoms with Gasteiger partial charge in [0.25, 0.3) is 5.69 Å². The third-order valence-corrected chi connectivity index (χ3v) is 3.55. The second-order valence-corrected chi connectivity index (χ2v) is 4.78. The van der Waals surface area contributed by atoms with Crippen molar-refractivity contribution in [3.8, 4) is 5.75 Å². The molecule has 5 heteroatoms. The maximum absolute atomic E-state index is 10.8. The van der Waals surface area contributed by atoms with E-state index < -0.39 is 4.92 Å². The number of non-ortho nitro benzene ring substituents is 1. The van der Waals surface area contributed by atoms with E-state index >= 15 is 0 Å². The molecular weight excluding hydrogens is 244 g/mol. The van der Waals surface area contributed by atoms with Crippen molar-refractivity contribution in [1.82, 2.24) is 4.90 Å². The van der Waals surface area contributed by atoms with E-state index in [1.165, 1.54) is 24.6 Å². The Balaban J connectivity index is 2.33. The topological polar surface area (TPSA) is 66.6 Å². The first-order valence-corrected chi connectivity index (χ1v) is 6.47. The number of phenolic OH excluding ortho intramolecular Hbond substituents is 1. The van der Waals surface area contributed by atoms with Crippen molar-refractivity contribution in [3.63, 3.8) is 0 Å². The van der Waals surface area contributed by atoms with E-state index in [-0.39, 0.29) is 17.5 Å². The number of hydrogen-bond acceptors (Lipinski definition) is 4. The average molecular weight is 262 g/mol. The fourth-order valence-corrected chi connectivity index (χ4v) is 2.56. The lowest BCUT2D eigenvalue weighted by Crippen LogP contribution is -2.32. The summed E-state index contributed by atoms with van der Waals surface area (Å²) < 4.78 is 0. The summed E-state index contributed by atoms with van der Waals surface area (Å²) in [6, 6.07) is 3.97. The number of rotatable bonds is 4. The molecule has 0 saturated carbocycles. The quantitative estimate of drug-likeness (QED) is 0.514. The summed E-state index contributed by atoms with van der Waals surface area (Å²) in [6.45, 7) is 5.66. The van der Waals surface area contributed by atoms with Gasteiger partial charge in [-0.05, 0) is 32.0 Å². The van der Waals surface area contributed by atoms with Gasteiger partial charge < -0.3 is 5.11 Å². The van der Waals surface area contributed by atoms with Crippen molar-refractivity contribution in [3.05, 3.63) is 46.5 Å². The highest BCUT2D eigenvalue weighted by Crippen LogP contribution is 2.33. The zero-order valence-corrected chi connectivity index (χ0v) is 10.8. The van der Waals surface area contributed by atoms with Gasteiger partial charge in [-0.15, -0.1) is 6.58 Å². The summed E-state index contributed by atoms with van der Waals surface area (Å²) in [4.78, 5) is 12.6. The lowest BCUT2D eigenvalue weighted by molar-refractivity contribution is -0.385. The van der Waals surface area contributed by atoms with E-state index in [4.69, 9.17) is 0 Å². The molecule has 102 valence electrons. The van der Waals surface area contributed by atoms with Gasteiger partial charge in [0, 0.05) is 17.7 Å². The molecule has 1 heterocycles. The van der Waals surface area contributed by atoms with Crippen LogP contribution in [-0.2, 0) is 0 Å². The normalized spacial score (nSPS) is 17.9. The molecule has 1 atom stereocenters. The molecule has 0 aliphatic carbocycles. The van der Waals surface area contributed by atoms with Crippen molar-refractivity contribution in [2.75, 3.05) is 13.1 Å². The standard InChI is InChI=1S/C14H18N2O3/c1-2-13(15-8-4-3-5-9-15)12-10-11(16(18)19)6-7-14(12)17/h2,6-7,10,13,17H,1,3-5,8-9H2. The SMILES string of the molecule is C=CC(c1cc([N+](=O)[O-])ccc1O)N1CCCCC1. The molecule has 0 aromatic heterocycles. The van der Waals surface area contributed by atoms with Gasteiger partial charge >= 0.3 is 0 Å². The van der Waals surface area contributed by atoms with E-state index in [2.05, 4.69) is 11.5 Å². The van der Waals surface area contributed by atoms with Gasteiger partial charge in [-0.25, -0.2) is 0 Å². The van der Waals surface area contributed by atoms with E-state index in [1.54, 1.807) is 6.08 Å². The fourth-order valence-electron chi connectivity index (χ4n) is 2.56. The van der Waals surface area contributed by atoms with E-state index in [0.29, 0.717) is 5.56 Å². The molecule has 0 spiro atoms. The number of likely N-dealkylation sites (tertiary alicyclic amines) is 1. The van der Waals surface area contributed by atoms with Crippen molar-refractivity contribution in [1.29, 1.82) is 0 Å². The van der Waals surface area contributed by atoms with E-state index in [1.807, 2.05) is 0 Å². The average Bonchev–Trinajstić information content (AvgIpc) is 2.42. The van der Waals surface area contributed by atoms with Crippen LogP contribution in [0.3, 0.4) is 0 Å². The molecule has 1 unspecified atom stereocenters. The van der Waals surface area contributed by atoms with Gasteiger partial charge in [0.2, 0.25) is 0 Å². The van der Waals surface area contributed by atoms with Crippen LogP contribution in [0.4, 0.5) is 5.69 Å². The molecule has 5 nitrogen and oxygen atoms in total. The van der Waals surface area contributed by atoms with Crippen LogP contribution in [0.2, 0.25) is 0 Å². The first kappa shape index (κ1) is 13.5. The highest BCUT2D eigenvalue weighted by Gasteiger charge is 2.23. The summed E-state index contributed by atoms with van der Waals surface area (Å²) >= 11 is 0. The molecule has 2 rings (SSSR count). The van der Waals surface area contributed by atoms with Crippen molar-refractivity contribution in [2.24, 2.45) is 0 Å². The number of nitrogens with zero attached hydrogens (tertiary/aromatic N) is 2. The summed E-state index contributed by atoms with van der Waals surface area (Å²) in [5.41, 5.74) is 0.558. The van der Waals surface area contributed by atoms with Crippen LogP contribution in [-0.4, -0.2) is 28.0 Å². The van der Waals surface area contributed by atoms with Gasteiger partial charge in [0.1, 0.15) is 5.75 Å². The Morgan fingerprint density at radius 1 is 1.37 bits per heavy atom. The van der Waals surface area contributed by atoms with Gasteiger partial charge in [-0.2, -0.15) is 0 Å². The molecule has 1 aromatic carbocycles. The smallest absolute Gasteiger partial charge is 0.270 e. The molecule has 1 fully saturated rings. The monoisotopic (exact) mass is 262 g/mol. The number of benzene rings is 1. The molecule has 1 aliphatic rings. The predicted octanol–water partition coefficient (Wildman–Crippen LogP) is 3.01. The molecule has 19 heavy (non-hydrogen) atoms. The lowest BCUT2D eigenvalue weighted by atomic mass is 10.0. The molecule has 0 radical (unpaired) electrons. The molecule has 1 aliphatic heterocycles. The second-order valence-electron chi connectivity index (χ2n) is 4.78. The number of phenols is 1. The highest BCUT2D eigenvalue weighted by molar-refractivity contribution is 5.45. The Kier molecular flexibility index (Phi) is 4.16. The van der Waals surface area contributed by atoms with Crippen LogP contribution in [0, 0.1) is 10.1 Å². The first-order chi connectivity index (χ1) is 9.13. The third-order valence-electron chi connectivity index (χ3n) is 3.55. The summed E-state index contributed by atoms with van der Waals surface area (Å²) in [6.07, 6.45) is 5.17. The molecule has 0 bridgehead atoms. The maximum atomic E-state index is 10.8. The highest BCUT2D eigenvalue weighted by atomic mass is 16.6. The Bertz CT molecular complexity index is 482. The van der Waals surface area contributed by atoms with Crippen LogP contribution in [0.1, 0.15) is 30.9 Å². The molecule has 1 saturated heterocycles. The summed E-state index contributed by atoms with van der Waals surface area (Å²) in [5.74, 6) is 0.0843. The minimum Gasteiger partial charge on any atom is -0.508 e. The molecule has 0 amide bonds. The maximum Gasteiger partial charge on any atom is 0.270 e. The Labute approximate surface area is 112 Å². The third kappa shape index (κ3) is 2.93. The zero-order valence-electron chi connectivity index (χ0n) is 10.8. The van der Waals surface area contributed by atoms with Gasteiger partial charge in [0.05, 0.1) is 11.0 Å². The van der Waals surface area contributed by atoms with Crippen LogP contribution >= 0.6 is 0 Å². The Morgan fingerprint density at radius 2 is 2.05 bits per heavy atom. The van der Waals surface area contributed by atoms with Gasteiger partial charge in [0.15, 0.2) is 0 Å². The first-order valence-electron chi connectivity index (χ1n) is 6.47. The summed E-state index contributed by atoms with van der Waals surface area (Å²) in [5, 5.41) is 20.8. The van der Waals surface area contributed by atoms with Crippen LogP contribution in [0.15, 0.2) is 30.9 Å². The lowest BCUT2D eigenvalue weighted by Gasteiger charge is -2.33. The number of hydrogen-bond donors (Lipinski definition) is 1. The molecule has 1 N–H and O–H groups in total. The van der Waals surface area contributed by atoms with Gasteiger partial charge in [-0.3, -0.25) is 15.0 Å². The van der Waals surface area contributed by atoms with Crippen LogP contribution in [0.5, 0.6) is 5.75 Å². The number of piperidine rings is 1. The fraction of sp³-hybridized carbons (Fsp3) is 0.429. The van der Waals surface area contributed by atoms with Crippen molar-refractivity contribution >= 4 is 5.69 Å². The number of nitro groups is 1. The van der Waals surface area contributed by atoms with E-state index in [0.717, 1.165) is 25.9 Å². The molecule has 1 aromatic rings. The minimum atomic E-state index is -0.445. The second kappa shape index (κ2) is 5.84. The van der Waals surface area contributed by atoms with E-state index in [9.17, 15) is 15.2 Å². The number of aromatic hydroxyl groups is 1. The van der Waals surface area contributed by atoms with Crippen molar-refractivity contribution in [2.45, 2.75) is 25.3 Å². The summed E-state index contributed by atoms with van der Waals surface area (Å²) in [7, 11) is 0. The van der Waals surface area contributed by atoms with Crippen LogP contribution in [0.25, 0.3) is 0 Å². The predicted molar refractivity (Wildman–Crippen MR) is 73.1 cm³/mol. The van der Waals surface area contributed by atoms with Gasteiger partial charge in [-0.1, -0.05) is 12.5 Å². The Hall–Kier alpha value is -1.88. The number of nitro benzene ring substituents is 1.